The number of carboxylic acid groups (broad SMARTS) is 1. The van der Waals surface area contributed by atoms with Crippen molar-refractivity contribution >= 4 is 36.8 Å². The van der Waals surface area contributed by atoms with Crippen molar-refractivity contribution in [1.29, 1.82) is 0 Å². The van der Waals surface area contributed by atoms with Gasteiger partial charge in [-0.25, -0.2) is 0 Å². The van der Waals surface area contributed by atoms with E-state index in [0.29, 0.717) is 32.1 Å². The van der Waals surface area contributed by atoms with E-state index < -0.39 is 5.97 Å². The van der Waals surface area contributed by atoms with Gasteiger partial charge in [0.1, 0.15) is 0 Å². The topological polar surface area (TPSA) is 334 Å². The van der Waals surface area contributed by atoms with E-state index in [9.17, 15) is 44.1 Å². The minimum Gasteiger partial charge on any atom is -0.870 e. The van der Waals surface area contributed by atoms with Crippen molar-refractivity contribution in [2.45, 2.75) is 424 Å². The number of esters is 2. The second-order valence-corrected chi connectivity index (χ2v) is 24.6. The summed E-state index contributed by atoms with van der Waals surface area (Å²) in [5, 5.41) is 29.9. The van der Waals surface area contributed by atoms with Crippen molar-refractivity contribution in [3.05, 3.63) is 0 Å². The number of ether oxygens (including phenoxy) is 2. The Hall–Kier alpha value is 0.127. The Kier molecular flexibility index (Phi) is 163. The van der Waals surface area contributed by atoms with Gasteiger partial charge in [-0.1, -0.05) is 328 Å². The number of aliphatic carboxylic acids is 1. The minimum atomic E-state index is -0.919. The molecule has 0 aliphatic carbocycles. The summed E-state index contributed by atoms with van der Waals surface area (Å²) < 4.78 is 9.25. The van der Waals surface area contributed by atoms with Crippen LogP contribution in [0.25, 0.3) is 0 Å². The summed E-state index contributed by atoms with van der Waals surface area (Å²) in [6.45, 7) is 4.44. The van der Waals surface area contributed by atoms with Crippen LogP contribution in [-0.4, -0.2) is 101 Å². The number of carbonyl (C=O) groups excluding carboxylic acids is 6. The molecule has 0 rings (SSSR count). The summed E-state index contributed by atoms with van der Waals surface area (Å²) in [5.41, 5.74) is 0. The third kappa shape index (κ3) is 134. The Morgan fingerprint density at radius 1 is 0.284 bits per heavy atom. The summed E-state index contributed by atoms with van der Waals surface area (Å²) in [7, 11) is 2.90. The van der Waals surface area contributed by atoms with Crippen LogP contribution in [-0.2, 0) is 38.2 Å². The molecule has 0 aromatic rings. The summed E-state index contributed by atoms with van der Waals surface area (Å²) in [4.78, 5) is 62.2. The molecule has 0 unspecified atom stereocenters. The molecule has 0 radical (unpaired) electrons. The van der Waals surface area contributed by atoms with Crippen LogP contribution in [0.1, 0.15) is 412 Å². The van der Waals surface area contributed by atoms with Crippen LogP contribution >= 0.6 is 0 Å². The number of aliphatic hydroxyl groups excluding tert-OH is 2. The molecule has 0 aliphatic rings. The van der Waals surface area contributed by atoms with Crippen LogP contribution in [0.15, 0.2) is 0 Å². The predicted molar refractivity (Wildman–Crippen MR) is 365 cm³/mol. The Labute approximate surface area is 645 Å². The smallest absolute Gasteiger partial charge is 0.870 e. The fraction of sp³-hybridized carbons (Fsp3) is 0.919. The van der Waals surface area contributed by atoms with Crippen LogP contribution in [0.4, 0.5) is 0 Å². The van der Waals surface area contributed by atoms with E-state index in [-0.39, 0.29) is 152 Å². The van der Waals surface area contributed by atoms with Gasteiger partial charge in [-0.2, -0.15) is 19.3 Å². The maximum atomic E-state index is 10.9. The van der Waals surface area contributed by atoms with E-state index in [1.54, 1.807) is 0 Å². The molecule has 0 amide bonds. The van der Waals surface area contributed by atoms with Crippen molar-refractivity contribution in [3.8, 4) is 0 Å². The molecule has 16 nitrogen and oxygen atoms in total. The number of hydrogen-bond donors (Lipinski definition) is 2. The standard InChI is InChI=1S/C20H38O4.C18H33O3.2C18H35O2.5Li.5H2O/c1-23-19(21)17-15-13-11-9-7-5-3-4-6-8-10-12-14-16-18-20(22)24-2;19-17-15-13-11-9-7-5-3-1-2-4-6-8-10-12-14-16-18(20)21;2*1-2-3-4-12-15-18(20)16-13-10-8-6-5-7-9-11-14-17-19;;;;;;;;;;/h3-18H2,1-2H3;1-16H2,(H,20,21);2*18,20H,2-16H2,1H3;;;;;;5*1H2/q;3*-1;5*+1;;;;;/p-6/t;;2*18-;;;;;;;;;;/m..00........../s1. The number of unbranched alkanes of at least 4 members (excludes halogenated alkanes) is 49. The van der Waals surface area contributed by atoms with Gasteiger partial charge in [-0.15, -0.1) is 0 Å². The molecule has 7 N–H and O–H groups in total. The zero-order chi connectivity index (χ0) is 63.3. The normalized spacial score (nSPS) is 10.3. The number of hydrogen-bond acceptors (Lipinski definition) is 16. The second kappa shape index (κ2) is 121. The molecule has 0 fully saturated rings. The minimum absolute atomic E-state index is 0. The molecule has 546 valence electrons. The van der Waals surface area contributed by atoms with Crippen LogP contribution in [0.3, 0.4) is 0 Å². The molecular weight excluding hydrogens is 1180 g/mol. The second-order valence-electron chi connectivity index (χ2n) is 24.6. The van der Waals surface area contributed by atoms with Crippen LogP contribution in [0.5, 0.6) is 0 Å². The Bertz CT molecular complexity index is 1280. The van der Waals surface area contributed by atoms with Gasteiger partial charge in [0.25, 0.3) is 0 Å². The molecule has 0 saturated carbocycles. The Morgan fingerprint density at radius 3 is 0.611 bits per heavy atom. The summed E-state index contributed by atoms with van der Waals surface area (Å²) in [5.74, 6) is -1.09. The molecule has 2 atom stereocenters. The molecule has 95 heavy (non-hydrogen) atoms. The largest absolute Gasteiger partial charge is 1.00 e. The number of rotatable bonds is 66. The first-order chi connectivity index (χ1) is 41.6. The van der Waals surface area contributed by atoms with Crippen LogP contribution in [0, 0.1) is 0 Å². The van der Waals surface area contributed by atoms with E-state index in [2.05, 4.69) is 23.3 Å². The van der Waals surface area contributed by atoms with Gasteiger partial charge in [-0.3, -0.25) is 28.4 Å². The zero-order valence-electron chi connectivity index (χ0n) is 63.8. The summed E-state index contributed by atoms with van der Waals surface area (Å²) in [6, 6.07) is 0. The SMILES string of the molecule is CCCCCC[C@H](O)CCCCCCCCCC[C-]=O.CCCCCC[C@H](O)CCCCCCCCCC[C-]=O.COC(=O)CCCCCCCCCCCCCCCCC(=O)OC.O=[C-]CCCCCCCCCCCCCCCCC(=O)[O-].[Li+].[Li+].[Li+].[Li+].[Li+].[OH-].[OH-].[OH-].[OH-].[OH-]. The first-order valence-electron chi connectivity index (χ1n) is 36.3. The molecule has 0 aromatic carbocycles. The van der Waals surface area contributed by atoms with Crippen molar-refractivity contribution in [3.63, 3.8) is 0 Å². The van der Waals surface area contributed by atoms with Crippen molar-refractivity contribution in [2.24, 2.45) is 0 Å². The molecular formula is C74H145Li5O16-4. The Morgan fingerprint density at radius 2 is 0.442 bits per heavy atom. The van der Waals surface area contributed by atoms with Gasteiger partial charge in [0.05, 0.1) is 26.4 Å². The fourth-order valence-electron chi connectivity index (χ4n) is 10.6. The number of carbonyl (C=O) groups is 3. The van der Waals surface area contributed by atoms with Crippen molar-refractivity contribution < 1.29 is 175 Å². The Balaban J connectivity index is -0.0000000743. The molecule has 0 saturated heterocycles. The monoisotopic (exact) mass is 1330 g/mol. The molecule has 0 bridgehead atoms. The molecule has 0 heterocycles. The maximum Gasteiger partial charge on any atom is 1.00 e. The molecule has 0 spiro atoms. The van der Waals surface area contributed by atoms with Crippen molar-refractivity contribution in [2.75, 3.05) is 14.2 Å². The third-order valence-electron chi connectivity index (χ3n) is 16.3. The number of carboxylic acids is 1. The van der Waals surface area contributed by atoms with Gasteiger partial charge in [0.15, 0.2) is 0 Å². The maximum absolute atomic E-state index is 10.9. The number of methoxy groups -OCH3 is 2. The quantitative estimate of drug-likeness (QED) is 0.0367. The van der Waals surface area contributed by atoms with Crippen LogP contribution < -0.4 is 99.4 Å². The first-order valence-corrected chi connectivity index (χ1v) is 36.3. The van der Waals surface area contributed by atoms with E-state index >= 15 is 0 Å². The number of aliphatic hydroxyl groups is 2. The van der Waals surface area contributed by atoms with E-state index in [4.69, 9.17) is 0 Å². The van der Waals surface area contributed by atoms with E-state index in [1.807, 2.05) is 18.9 Å². The van der Waals surface area contributed by atoms with Gasteiger partial charge < -0.3 is 71.4 Å². The van der Waals surface area contributed by atoms with E-state index in [1.165, 1.54) is 284 Å². The summed E-state index contributed by atoms with van der Waals surface area (Å²) in [6.07, 6.45) is 76.6. The van der Waals surface area contributed by atoms with Gasteiger partial charge >= 0.3 is 106 Å². The van der Waals surface area contributed by atoms with Crippen LogP contribution in [0.2, 0.25) is 0 Å². The molecule has 21 heteroatoms. The van der Waals surface area contributed by atoms with E-state index in [0.717, 1.165) is 89.9 Å². The van der Waals surface area contributed by atoms with Gasteiger partial charge in [-0.05, 0) is 51.4 Å². The first kappa shape index (κ1) is 128. The molecule has 0 aromatic heterocycles. The zero-order valence-corrected chi connectivity index (χ0v) is 63.8. The van der Waals surface area contributed by atoms with Gasteiger partial charge in [0.2, 0.25) is 0 Å². The van der Waals surface area contributed by atoms with Crippen molar-refractivity contribution in [1.82, 2.24) is 0 Å². The average molecular weight is 1330 g/mol. The average Bonchev–Trinajstić information content (AvgIpc) is 3.50. The van der Waals surface area contributed by atoms with Gasteiger partial charge in [0, 0.05) is 18.8 Å². The summed E-state index contributed by atoms with van der Waals surface area (Å²) >= 11 is 0. The molecule has 0 aliphatic heterocycles. The fourth-order valence-corrected chi connectivity index (χ4v) is 10.6. The predicted octanol–water partition coefficient (Wildman–Crippen LogP) is 4.45. The third-order valence-corrected chi connectivity index (χ3v) is 16.3.